The molecule has 0 radical (unpaired) electrons. The van der Waals surface area contributed by atoms with E-state index in [1.54, 1.807) is 35.3 Å². The van der Waals surface area contributed by atoms with Crippen molar-refractivity contribution < 1.29 is 4.74 Å². The molecule has 0 saturated carbocycles. The molecule has 6 heteroatoms. The van der Waals surface area contributed by atoms with Gasteiger partial charge in [-0.15, -0.1) is 22.7 Å². The number of nitrogens with two attached hydrogens (primary N) is 1. The minimum atomic E-state index is -0.154. The lowest BCUT2D eigenvalue weighted by atomic mass is 10.2. The minimum Gasteiger partial charge on any atom is -0.383 e. The summed E-state index contributed by atoms with van der Waals surface area (Å²) in [6.45, 7) is 0.486. The molecule has 15 heavy (non-hydrogen) atoms. The third-order valence-corrected chi connectivity index (χ3v) is 3.37. The van der Waals surface area contributed by atoms with Gasteiger partial charge in [0.1, 0.15) is 10.7 Å². The molecule has 0 saturated heterocycles. The lowest BCUT2D eigenvalue weighted by molar-refractivity contribution is 0.180. The van der Waals surface area contributed by atoms with Gasteiger partial charge >= 0.3 is 0 Å². The van der Waals surface area contributed by atoms with Gasteiger partial charge in [-0.25, -0.2) is 9.97 Å². The van der Waals surface area contributed by atoms with Gasteiger partial charge in [0.05, 0.1) is 23.9 Å². The van der Waals surface area contributed by atoms with Crippen molar-refractivity contribution in [3.8, 4) is 10.7 Å². The molecular weight excluding hydrogens is 230 g/mol. The van der Waals surface area contributed by atoms with Crippen LogP contribution in [-0.4, -0.2) is 23.7 Å². The third-order valence-electron chi connectivity index (χ3n) is 1.90. The van der Waals surface area contributed by atoms with Gasteiger partial charge in [0.2, 0.25) is 0 Å². The summed E-state index contributed by atoms with van der Waals surface area (Å²) in [5.74, 6) is 0. The maximum atomic E-state index is 5.87. The molecule has 0 spiro atoms. The van der Waals surface area contributed by atoms with Crippen LogP contribution in [0.25, 0.3) is 10.7 Å². The lowest BCUT2D eigenvalue weighted by Gasteiger charge is -2.05. The lowest BCUT2D eigenvalue weighted by Crippen LogP contribution is -2.16. The van der Waals surface area contributed by atoms with E-state index in [4.69, 9.17) is 10.5 Å². The smallest absolute Gasteiger partial charge is 0.143 e. The Morgan fingerprint density at radius 2 is 2.40 bits per heavy atom. The van der Waals surface area contributed by atoms with Gasteiger partial charge in [-0.3, -0.25) is 0 Å². The number of aromatic nitrogens is 2. The van der Waals surface area contributed by atoms with Crippen LogP contribution in [0.2, 0.25) is 0 Å². The van der Waals surface area contributed by atoms with Gasteiger partial charge in [0.15, 0.2) is 0 Å². The number of methoxy groups -OCH3 is 1. The van der Waals surface area contributed by atoms with Crippen LogP contribution in [-0.2, 0) is 4.74 Å². The van der Waals surface area contributed by atoms with Crippen molar-refractivity contribution in [3.63, 3.8) is 0 Å². The highest BCUT2D eigenvalue weighted by Crippen LogP contribution is 2.25. The van der Waals surface area contributed by atoms with E-state index in [2.05, 4.69) is 9.97 Å². The van der Waals surface area contributed by atoms with Crippen LogP contribution < -0.4 is 5.73 Å². The van der Waals surface area contributed by atoms with Gasteiger partial charge in [-0.2, -0.15) is 0 Å². The fourth-order valence-electron chi connectivity index (χ4n) is 1.16. The molecule has 0 aliphatic rings. The van der Waals surface area contributed by atoms with E-state index < -0.39 is 0 Å². The summed E-state index contributed by atoms with van der Waals surface area (Å²) in [6.07, 6.45) is 0. The van der Waals surface area contributed by atoms with E-state index >= 15 is 0 Å². The number of rotatable bonds is 4. The molecule has 0 bridgehead atoms. The van der Waals surface area contributed by atoms with Gasteiger partial charge < -0.3 is 10.5 Å². The Bertz CT molecular complexity index is 413. The highest BCUT2D eigenvalue weighted by Gasteiger charge is 2.11. The summed E-state index contributed by atoms with van der Waals surface area (Å²) in [7, 11) is 1.63. The molecule has 0 fully saturated rings. The number of nitrogens with zero attached hydrogens (tertiary/aromatic N) is 2. The highest BCUT2D eigenvalue weighted by atomic mass is 32.1. The van der Waals surface area contributed by atoms with E-state index in [-0.39, 0.29) is 6.04 Å². The first-order valence-corrected chi connectivity index (χ1v) is 6.22. The predicted octanol–water partition coefficient (Wildman–Crippen LogP) is 1.91. The number of thiazole rings is 2. The SMILES string of the molecule is COCC(N)c1csc(-c2cscn2)n1. The van der Waals surface area contributed by atoms with E-state index in [0.29, 0.717) is 6.61 Å². The van der Waals surface area contributed by atoms with Crippen molar-refractivity contribution in [1.29, 1.82) is 0 Å². The molecule has 0 aliphatic carbocycles. The van der Waals surface area contributed by atoms with Crippen LogP contribution in [0.15, 0.2) is 16.3 Å². The third kappa shape index (κ3) is 2.40. The van der Waals surface area contributed by atoms with Crippen LogP contribution in [0, 0.1) is 0 Å². The predicted molar refractivity (Wildman–Crippen MR) is 62.0 cm³/mol. The Labute approximate surface area is 95.8 Å². The van der Waals surface area contributed by atoms with Crippen molar-refractivity contribution >= 4 is 22.7 Å². The maximum absolute atomic E-state index is 5.87. The van der Waals surface area contributed by atoms with E-state index in [0.717, 1.165) is 16.4 Å². The molecule has 0 aromatic carbocycles. The Hall–Kier alpha value is -0.820. The van der Waals surface area contributed by atoms with E-state index in [1.807, 2.05) is 10.8 Å². The Morgan fingerprint density at radius 3 is 3.07 bits per heavy atom. The number of hydrogen-bond donors (Lipinski definition) is 1. The Balaban J connectivity index is 2.17. The summed E-state index contributed by atoms with van der Waals surface area (Å²) in [4.78, 5) is 8.63. The largest absolute Gasteiger partial charge is 0.383 e. The van der Waals surface area contributed by atoms with Crippen LogP contribution >= 0.6 is 22.7 Å². The molecule has 0 amide bonds. The molecule has 2 rings (SSSR count). The zero-order valence-electron chi connectivity index (χ0n) is 8.21. The molecule has 1 unspecified atom stereocenters. The van der Waals surface area contributed by atoms with Gasteiger partial charge in [0, 0.05) is 17.9 Å². The van der Waals surface area contributed by atoms with Crippen LogP contribution in [0.1, 0.15) is 11.7 Å². The van der Waals surface area contributed by atoms with Crippen molar-refractivity contribution in [2.45, 2.75) is 6.04 Å². The number of hydrogen-bond acceptors (Lipinski definition) is 6. The average molecular weight is 241 g/mol. The first kappa shape index (κ1) is 10.7. The monoisotopic (exact) mass is 241 g/mol. The fraction of sp³-hybridized carbons (Fsp3) is 0.333. The second-order valence-electron chi connectivity index (χ2n) is 3.01. The van der Waals surface area contributed by atoms with Crippen molar-refractivity contribution in [3.05, 3.63) is 22.0 Å². The quantitative estimate of drug-likeness (QED) is 0.888. The average Bonchev–Trinajstić information content (AvgIpc) is 2.89. The van der Waals surface area contributed by atoms with E-state index in [9.17, 15) is 0 Å². The maximum Gasteiger partial charge on any atom is 0.143 e. The standard InChI is InChI=1S/C9H11N3OS2/c1-13-2-6(10)7-4-15-9(12-7)8-3-14-5-11-8/h3-6H,2,10H2,1H3. The van der Waals surface area contributed by atoms with Crippen LogP contribution in [0.4, 0.5) is 0 Å². The van der Waals surface area contributed by atoms with Gasteiger partial charge in [-0.1, -0.05) is 0 Å². The fourth-order valence-corrected chi connectivity index (χ4v) is 2.62. The second kappa shape index (κ2) is 4.80. The molecule has 2 N–H and O–H groups in total. The topological polar surface area (TPSA) is 61.0 Å². The van der Waals surface area contributed by atoms with Crippen molar-refractivity contribution in [1.82, 2.24) is 9.97 Å². The molecule has 80 valence electrons. The Kier molecular flexibility index (Phi) is 3.42. The zero-order valence-corrected chi connectivity index (χ0v) is 9.85. The molecular formula is C9H11N3OS2. The normalized spacial score (nSPS) is 12.9. The molecule has 1 atom stereocenters. The van der Waals surface area contributed by atoms with Gasteiger partial charge in [-0.05, 0) is 0 Å². The summed E-state index contributed by atoms with van der Waals surface area (Å²) < 4.78 is 4.98. The highest BCUT2D eigenvalue weighted by molar-refractivity contribution is 7.13. The van der Waals surface area contributed by atoms with Crippen molar-refractivity contribution in [2.24, 2.45) is 5.73 Å². The molecule has 2 aromatic heterocycles. The first-order valence-electron chi connectivity index (χ1n) is 4.39. The zero-order chi connectivity index (χ0) is 10.7. The minimum absolute atomic E-state index is 0.154. The molecule has 2 heterocycles. The number of ether oxygens (including phenoxy) is 1. The molecule has 2 aromatic rings. The molecule has 0 aliphatic heterocycles. The van der Waals surface area contributed by atoms with Crippen LogP contribution in [0.5, 0.6) is 0 Å². The van der Waals surface area contributed by atoms with E-state index in [1.165, 1.54) is 0 Å². The summed E-state index contributed by atoms with van der Waals surface area (Å²) >= 11 is 3.12. The first-order chi connectivity index (χ1) is 7.31. The van der Waals surface area contributed by atoms with Gasteiger partial charge in [0.25, 0.3) is 0 Å². The molecule has 4 nitrogen and oxygen atoms in total. The second-order valence-corrected chi connectivity index (χ2v) is 4.59. The summed E-state index contributed by atoms with van der Waals surface area (Å²) in [5.41, 5.74) is 9.45. The van der Waals surface area contributed by atoms with Crippen molar-refractivity contribution in [2.75, 3.05) is 13.7 Å². The van der Waals surface area contributed by atoms with Crippen LogP contribution in [0.3, 0.4) is 0 Å². The summed E-state index contributed by atoms with van der Waals surface area (Å²) in [6, 6.07) is -0.154. The summed E-state index contributed by atoms with van der Waals surface area (Å²) in [5, 5.41) is 4.85. The Morgan fingerprint density at radius 1 is 1.53 bits per heavy atom.